The molecule has 1 heterocycles. The van der Waals surface area contributed by atoms with Crippen molar-refractivity contribution in [2.24, 2.45) is 4.99 Å². The molecule has 5 nitrogen and oxygen atoms in total. The molecule has 1 saturated heterocycles. The van der Waals surface area contributed by atoms with Gasteiger partial charge in [0.1, 0.15) is 17.2 Å². The number of amidine groups is 1. The van der Waals surface area contributed by atoms with Gasteiger partial charge in [0.05, 0.1) is 7.11 Å². The summed E-state index contributed by atoms with van der Waals surface area (Å²) in [5.41, 5.74) is 1.82. The predicted molar refractivity (Wildman–Crippen MR) is 123 cm³/mol. The maximum Gasteiger partial charge on any atom is 0.266 e. The van der Waals surface area contributed by atoms with E-state index in [1.807, 2.05) is 61.5 Å². The first-order valence-electron chi connectivity index (χ1n) is 9.92. The number of thioether (sulfide) groups is 1. The van der Waals surface area contributed by atoms with E-state index in [0.717, 1.165) is 34.2 Å². The SMILES string of the molecule is COc1ccc(C)cc1N=C1SCCCN1C(=O)COc1ccc2ccccc2c1. The van der Waals surface area contributed by atoms with Gasteiger partial charge in [0.15, 0.2) is 11.8 Å². The fraction of sp³-hybridized carbons (Fsp3) is 0.250. The average Bonchev–Trinajstić information content (AvgIpc) is 2.78. The minimum absolute atomic E-state index is 0.0249. The smallest absolute Gasteiger partial charge is 0.266 e. The number of rotatable bonds is 5. The Bertz CT molecular complexity index is 1100. The van der Waals surface area contributed by atoms with Crippen LogP contribution in [0.3, 0.4) is 0 Å². The monoisotopic (exact) mass is 420 g/mol. The van der Waals surface area contributed by atoms with Crippen molar-refractivity contribution in [1.29, 1.82) is 0 Å². The number of fused-ring (bicyclic) bond motifs is 1. The molecule has 1 aliphatic rings. The molecule has 0 aliphatic carbocycles. The third-order valence-electron chi connectivity index (χ3n) is 4.92. The third-order valence-corrected chi connectivity index (χ3v) is 5.99. The van der Waals surface area contributed by atoms with Crippen LogP contribution in [0.2, 0.25) is 0 Å². The molecule has 0 unspecified atom stereocenters. The summed E-state index contributed by atoms with van der Waals surface area (Å²) in [4.78, 5) is 19.4. The lowest BCUT2D eigenvalue weighted by Crippen LogP contribution is -2.41. The van der Waals surface area contributed by atoms with Crippen LogP contribution in [0.5, 0.6) is 11.5 Å². The Morgan fingerprint density at radius 3 is 2.77 bits per heavy atom. The second kappa shape index (κ2) is 9.22. The summed E-state index contributed by atoms with van der Waals surface area (Å²) in [6, 6.07) is 19.8. The van der Waals surface area contributed by atoms with E-state index in [4.69, 9.17) is 14.5 Å². The molecule has 6 heteroatoms. The van der Waals surface area contributed by atoms with Crippen LogP contribution < -0.4 is 9.47 Å². The highest BCUT2D eigenvalue weighted by atomic mass is 32.2. The van der Waals surface area contributed by atoms with Crippen LogP contribution in [0.1, 0.15) is 12.0 Å². The van der Waals surface area contributed by atoms with Gasteiger partial charge in [-0.3, -0.25) is 9.69 Å². The maximum atomic E-state index is 12.9. The molecule has 1 amide bonds. The number of carbonyl (C=O) groups excluding carboxylic acids is 1. The summed E-state index contributed by atoms with van der Waals surface area (Å²) in [7, 11) is 1.63. The van der Waals surface area contributed by atoms with Crippen LogP contribution in [-0.4, -0.2) is 42.0 Å². The number of aryl methyl sites for hydroxylation is 1. The number of ether oxygens (including phenoxy) is 2. The summed E-state index contributed by atoms with van der Waals surface area (Å²) in [6.45, 7) is 2.63. The quantitative estimate of drug-likeness (QED) is 0.570. The van der Waals surface area contributed by atoms with Gasteiger partial charge in [-0.25, -0.2) is 4.99 Å². The zero-order valence-corrected chi connectivity index (χ0v) is 17.9. The number of carbonyl (C=O) groups is 1. The minimum atomic E-state index is -0.0965. The Morgan fingerprint density at radius 2 is 1.93 bits per heavy atom. The third kappa shape index (κ3) is 4.60. The van der Waals surface area contributed by atoms with Crippen molar-refractivity contribution < 1.29 is 14.3 Å². The van der Waals surface area contributed by atoms with Gasteiger partial charge in [-0.15, -0.1) is 0 Å². The first kappa shape index (κ1) is 20.3. The van der Waals surface area contributed by atoms with Crippen molar-refractivity contribution in [2.75, 3.05) is 26.0 Å². The number of hydrogen-bond acceptors (Lipinski definition) is 5. The van der Waals surface area contributed by atoms with E-state index in [9.17, 15) is 4.79 Å². The number of benzene rings is 3. The maximum absolute atomic E-state index is 12.9. The van der Waals surface area contributed by atoms with Crippen molar-refractivity contribution in [3.8, 4) is 11.5 Å². The van der Waals surface area contributed by atoms with Gasteiger partial charge < -0.3 is 9.47 Å². The molecule has 0 bridgehead atoms. The average molecular weight is 421 g/mol. The number of amides is 1. The molecule has 0 saturated carbocycles. The molecular weight excluding hydrogens is 396 g/mol. The highest BCUT2D eigenvalue weighted by Gasteiger charge is 2.24. The van der Waals surface area contributed by atoms with E-state index in [1.165, 1.54) is 0 Å². The van der Waals surface area contributed by atoms with E-state index in [-0.39, 0.29) is 12.5 Å². The molecule has 0 radical (unpaired) electrons. The Kier molecular flexibility index (Phi) is 6.23. The summed E-state index contributed by atoms with van der Waals surface area (Å²) >= 11 is 1.59. The molecule has 30 heavy (non-hydrogen) atoms. The molecule has 1 aliphatic heterocycles. The number of aliphatic imine (C=N–C) groups is 1. The fourth-order valence-corrected chi connectivity index (χ4v) is 4.32. The molecule has 0 aromatic heterocycles. The van der Waals surface area contributed by atoms with Gasteiger partial charge in [0.2, 0.25) is 0 Å². The van der Waals surface area contributed by atoms with E-state index < -0.39 is 0 Å². The number of nitrogens with zero attached hydrogens (tertiary/aromatic N) is 2. The second-order valence-corrected chi connectivity index (χ2v) is 8.18. The van der Waals surface area contributed by atoms with E-state index in [2.05, 4.69) is 6.07 Å². The summed E-state index contributed by atoms with van der Waals surface area (Å²) in [6.07, 6.45) is 0.927. The molecular formula is C24H24N2O3S. The molecule has 0 N–H and O–H groups in total. The zero-order valence-electron chi connectivity index (χ0n) is 17.1. The summed E-state index contributed by atoms with van der Waals surface area (Å²) < 4.78 is 11.2. The van der Waals surface area contributed by atoms with Crippen LogP contribution >= 0.6 is 11.8 Å². The fourth-order valence-electron chi connectivity index (χ4n) is 3.35. The Balaban J connectivity index is 1.50. The van der Waals surface area contributed by atoms with Crippen LogP contribution in [-0.2, 0) is 4.79 Å². The Hall–Kier alpha value is -2.99. The van der Waals surface area contributed by atoms with E-state index in [0.29, 0.717) is 23.2 Å². The predicted octanol–water partition coefficient (Wildman–Crippen LogP) is 5.19. The van der Waals surface area contributed by atoms with Gasteiger partial charge in [-0.05, 0) is 53.9 Å². The number of methoxy groups -OCH3 is 1. The molecule has 0 spiro atoms. The molecule has 3 aromatic rings. The van der Waals surface area contributed by atoms with E-state index >= 15 is 0 Å². The van der Waals surface area contributed by atoms with Gasteiger partial charge in [0.25, 0.3) is 5.91 Å². The zero-order chi connectivity index (χ0) is 20.9. The topological polar surface area (TPSA) is 51.1 Å². The lowest BCUT2D eigenvalue weighted by atomic mass is 10.1. The highest BCUT2D eigenvalue weighted by molar-refractivity contribution is 8.13. The first-order valence-corrected chi connectivity index (χ1v) is 10.9. The summed E-state index contributed by atoms with van der Waals surface area (Å²) in [5, 5.41) is 2.92. The van der Waals surface area contributed by atoms with Gasteiger partial charge in [0, 0.05) is 12.3 Å². The van der Waals surface area contributed by atoms with Crippen molar-refractivity contribution in [3.05, 3.63) is 66.2 Å². The van der Waals surface area contributed by atoms with Gasteiger partial charge in [-0.2, -0.15) is 0 Å². The van der Waals surface area contributed by atoms with Crippen molar-refractivity contribution in [3.63, 3.8) is 0 Å². The first-order chi connectivity index (χ1) is 14.6. The molecule has 3 aromatic carbocycles. The molecule has 154 valence electrons. The highest BCUT2D eigenvalue weighted by Crippen LogP contribution is 2.31. The standard InChI is InChI=1S/C24H24N2O3S/c1-17-8-11-22(28-2)21(14-17)25-24-26(12-5-13-30-24)23(27)16-29-20-10-9-18-6-3-4-7-19(18)15-20/h3-4,6-11,14-15H,5,12-13,16H2,1-2H3. The Labute approximate surface area is 180 Å². The number of hydrogen-bond donors (Lipinski definition) is 0. The van der Waals surface area contributed by atoms with Crippen LogP contribution in [0.15, 0.2) is 65.7 Å². The van der Waals surface area contributed by atoms with Gasteiger partial charge >= 0.3 is 0 Å². The van der Waals surface area contributed by atoms with Crippen molar-refractivity contribution in [1.82, 2.24) is 4.90 Å². The van der Waals surface area contributed by atoms with E-state index in [1.54, 1.807) is 23.8 Å². The van der Waals surface area contributed by atoms with Crippen LogP contribution in [0, 0.1) is 6.92 Å². The van der Waals surface area contributed by atoms with Gasteiger partial charge in [-0.1, -0.05) is 48.2 Å². The Morgan fingerprint density at radius 1 is 1.10 bits per heavy atom. The molecule has 0 atom stereocenters. The minimum Gasteiger partial charge on any atom is -0.494 e. The largest absolute Gasteiger partial charge is 0.494 e. The summed E-state index contributed by atoms with van der Waals surface area (Å²) in [5.74, 6) is 2.22. The lowest BCUT2D eigenvalue weighted by molar-refractivity contribution is -0.129. The van der Waals surface area contributed by atoms with Crippen LogP contribution in [0.4, 0.5) is 5.69 Å². The lowest BCUT2D eigenvalue weighted by Gasteiger charge is -2.28. The molecule has 1 fully saturated rings. The molecule has 4 rings (SSSR count). The second-order valence-electron chi connectivity index (χ2n) is 7.11. The van der Waals surface area contributed by atoms with Crippen LogP contribution in [0.25, 0.3) is 10.8 Å². The normalized spacial score (nSPS) is 15.4. The van der Waals surface area contributed by atoms with Crippen molar-refractivity contribution >= 4 is 39.3 Å². The van der Waals surface area contributed by atoms with Crippen molar-refractivity contribution in [2.45, 2.75) is 13.3 Å².